The molecule has 11 atom stereocenters. The van der Waals surface area contributed by atoms with Gasteiger partial charge in [-0.15, -0.1) is 0 Å². The predicted molar refractivity (Wildman–Crippen MR) is 130 cm³/mol. The molecule has 35 heavy (non-hydrogen) atoms. The van der Waals surface area contributed by atoms with E-state index >= 15 is 0 Å². The maximum atomic E-state index is 10.6. The molecule has 2 aromatic rings. The van der Waals surface area contributed by atoms with Gasteiger partial charge in [0, 0.05) is 47.6 Å². The molecule has 192 valence electrons. The number of aliphatic hydroxyl groups is 4. The summed E-state index contributed by atoms with van der Waals surface area (Å²) in [6, 6.07) is 6.50. The Hall–Kier alpha value is -1.68. The summed E-state index contributed by atoms with van der Waals surface area (Å²) in [6.45, 7) is 6.24. The number of nitrogens with one attached hydrogen (secondary N) is 1. The molecule has 5 aliphatic rings. The van der Waals surface area contributed by atoms with E-state index in [1.165, 1.54) is 30.6 Å². The van der Waals surface area contributed by atoms with Crippen molar-refractivity contribution in [2.24, 2.45) is 23.7 Å². The maximum absolute atomic E-state index is 10.6. The minimum absolute atomic E-state index is 0.425. The topological polar surface area (TPSA) is 118 Å². The van der Waals surface area contributed by atoms with Gasteiger partial charge in [-0.25, -0.2) is 0 Å². The van der Waals surface area contributed by atoms with Gasteiger partial charge >= 0.3 is 0 Å². The first-order chi connectivity index (χ1) is 16.9. The quantitative estimate of drug-likeness (QED) is 0.436. The lowest BCUT2D eigenvalue weighted by atomic mass is 9.60. The summed E-state index contributed by atoms with van der Waals surface area (Å²) in [5, 5.41) is 41.3. The Morgan fingerprint density at radius 1 is 1.14 bits per heavy atom. The molecule has 0 spiro atoms. The van der Waals surface area contributed by atoms with Gasteiger partial charge in [0.1, 0.15) is 18.0 Å². The molecular formula is C27H38N2O6. The molecule has 1 saturated carbocycles. The number of nitrogens with zero attached hydrogens (tertiary/aromatic N) is 1. The lowest BCUT2D eigenvalue weighted by molar-refractivity contribution is -0.267. The summed E-state index contributed by atoms with van der Waals surface area (Å²) >= 11 is 0. The van der Waals surface area contributed by atoms with Gasteiger partial charge in [-0.1, -0.05) is 20.3 Å². The molecule has 8 heteroatoms. The lowest BCUT2D eigenvalue weighted by Gasteiger charge is -2.56. The predicted octanol–water partition coefficient (Wildman–Crippen LogP) is 1.60. The van der Waals surface area contributed by atoms with Crippen molar-refractivity contribution in [2.45, 2.75) is 69.7 Å². The van der Waals surface area contributed by atoms with Crippen molar-refractivity contribution in [3.05, 3.63) is 29.5 Å². The number of piperidine rings is 2. The van der Waals surface area contributed by atoms with Crippen LogP contribution in [0.3, 0.4) is 0 Å². The van der Waals surface area contributed by atoms with Crippen LogP contribution in [0.5, 0.6) is 5.75 Å². The van der Waals surface area contributed by atoms with Crippen LogP contribution in [-0.2, 0) is 11.2 Å². The standard InChI is InChI=1S/C27H38N2O6/c1-3-16-13(2)14-8-19-23-17(6-7-29(10-14)24(16)19)18-9-15(4-5-21(18)28-23)34-27-26(33)20(11-30)25(32)22(12-31)35-27/h4-5,9,13-14,16,19-20,22,24-28,30-33H,3,6-8,10-12H2,1-2H3. The van der Waals surface area contributed by atoms with Crippen LogP contribution in [0.15, 0.2) is 18.2 Å². The van der Waals surface area contributed by atoms with Gasteiger partial charge in [0.15, 0.2) is 0 Å². The first-order valence-electron chi connectivity index (χ1n) is 13.2. The molecule has 5 heterocycles. The summed E-state index contributed by atoms with van der Waals surface area (Å²) in [6.07, 6.45) is -0.921. The molecule has 0 amide bonds. The summed E-state index contributed by atoms with van der Waals surface area (Å²) in [7, 11) is 0. The van der Waals surface area contributed by atoms with Crippen LogP contribution in [0.4, 0.5) is 0 Å². The van der Waals surface area contributed by atoms with Gasteiger partial charge in [-0.3, -0.25) is 4.90 Å². The number of aromatic nitrogens is 1. The zero-order chi connectivity index (χ0) is 24.4. The summed E-state index contributed by atoms with van der Waals surface area (Å²) < 4.78 is 11.7. The average Bonchev–Trinajstić information content (AvgIpc) is 3.18. The van der Waals surface area contributed by atoms with E-state index < -0.39 is 43.7 Å². The number of aromatic amines is 1. The first-order valence-corrected chi connectivity index (χ1v) is 13.2. The Bertz CT molecular complexity index is 1070. The molecule has 0 radical (unpaired) electrons. The Labute approximate surface area is 205 Å². The summed E-state index contributed by atoms with van der Waals surface area (Å²) in [4.78, 5) is 6.52. The maximum Gasteiger partial charge on any atom is 0.226 e. The molecule has 4 bridgehead atoms. The number of hydrogen-bond acceptors (Lipinski definition) is 7. The zero-order valence-electron chi connectivity index (χ0n) is 20.5. The molecular weight excluding hydrogens is 448 g/mol. The van der Waals surface area contributed by atoms with E-state index in [0.717, 1.165) is 41.6 Å². The van der Waals surface area contributed by atoms with E-state index in [0.29, 0.717) is 17.7 Å². The molecule has 8 nitrogen and oxygen atoms in total. The molecule has 1 aromatic carbocycles. The number of rotatable bonds is 5. The largest absolute Gasteiger partial charge is 0.462 e. The van der Waals surface area contributed by atoms with E-state index in [-0.39, 0.29) is 0 Å². The van der Waals surface area contributed by atoms with Crippen LogP contribution in [0.2, 0.25) is 0 Å². The Kier molecular flexibility index (Phi) is 6.10. The number of fused-ring (bicyclic) bond motifs is 4. The van der Waals surface area contributed by atoms with Gasteiger partial charge in [0.25, 0.3) is 0 Å². The molecule has 3 saturated heterocycles. The Balaban J connectivity index is 1.31. The highest BCUT2D eigenvalue weighted by molar-refractivity contribution is 5.86. The van der Waals surface area contributed by atoms with Crippen molar-refractivity contribution in [1.82, 2.24) is 9.88 Å². The molecule has 11 unspecified atom stereocenters. The van der Waals surface area contributed by atoms with Crippen LogP contribution >= 0.6 is 0 Å². The van der Waals surface area contributed by atoms with Crippen molar-refractivity contribution in [3.8, 4) is 5.75 Å². The fraction of sp³-hybridized carbons (Fsp3) is 0.704. The van der Waals surface area contributed by atoms with Crippen molar-refractivity contribution < 1.29 is 29.9 Å². The van der Waals surface area contributed by atoms with Crippen LogP contribution in [0.1, 0.15) is 43.9 Å². The number of hydrogen-bond donors (Lipinski definition) is 5. The van der Waals surface area contributed by atoms with Crippen LogP contribution < -0.4 is 4.74 Å². The van der Waals surface area contributed by atoms with E-state index in [1.807, 2.05) is 18.2 Å². The van der Waals surface area contributed by atoms with Crippen LogP contribution in [-0.4, -0.2) is 87.3 Å². The van der Waals surface area contributed by atoms with Gasteiger partial charge in [-0.2, -0.15) is 0 Å². The highest BCUT2D eigenvalue weighted by Gasteiger charge is 2.52. The third-order valence-electron chi connectivity index (χ3n) is 9.61. The first kappa shape index (κ1) is 23.7. The smallest absolute Gasteiger partial charge is 0.226 e. The molecule has 7 rings (SSSR count). The number of aliphatic hydroxyl groups excluding tert-OH is 4. The van der Waals surface area contributed by atoms with Crippen molar-refractivity contribution in [3.63, 3.8) is 0 Å². The highest BCUT2D eigenvalue weighted by Crippen LogP contribution is 2.53. The number of ether oxygens (including phenoxy) is 2. The SMILES string of the molecule is CCC1C(C)C2CC3c4[nH]c5ccc(OC6OC(CO)C(O)C(CO)C6O)cc5c4CCN(C2)C31. The third-order valence-corrected chi connectivity index (χ3v) is 9.61. The van der Waals surface area contributed by atoms with Gasteiger partial charge in [0.2, 0.25) is 6.29 Å². The van der Waals surface area contributed by atoms with Crippen molar-refractivity contribution >= 4 is 10.9 Å². The van der Waals surface area contributed by atoms with Crippen LogP contribution in [0.25, 0.3) is 10.9 Å². The fourth-order valence-electron chi connectivity index (χ4n) is 7.74. The van der Waals surface area contributed by atoms with E-state index in [9.17, 15) is 20.4 Å². The lowest BCUT2D eigenvalue weighted by Crippen LogP contribution is -2.59. The second kappa shape index (κ2) is 9.01. The molecule has 1 aromatic heterocycles. The number of H-pyrrole nitrogens is 1. The van der Waals surface area contributed by atoms with E-state index in [4.69, 9.17) is 9.47 Å². The molecule has 1 aliphatic carbocycles. The second-order valence-electron chi connectivity index (χ2n) is 11.2. The minimum Gasteiger partial charge on any atom is -0.462 e. The average molecular weight is 487 g/mol. The summed E-state index contributed by atoms with van der Waals surface area (Å²) in [5.74, 6) is 2.52. The Morgan fingerprint density at radius 2 is 1.97 bits per heavy atom. The molecule has 4 fully saturated rings. The molecule has 5 N–H and O–H groups in total. The van der Waals surface area contributed by atoms with E-state index in [1.54, 1.807) is 0 Å². The molecule has 4 aliphatic heterocycles. The fourth-order valence-corrected chi connectivity index (χ4v) is 7.74. The van der Waals surface area contributed by atoms with Crippen molar-refractivity contribution in [1.29, 1.82) is 0 Å². The normalized spacial score (nSPS) is 42.6. The number of benzene rings is 1. The summed E-state index contributed by atoms with van der Waals surface area (Å²) in [5.41, 5.74) is 3.85. The zero-order valence-corrected chi connectivity index (χ0v) is 20.5. The Morgan fingerprint density at radius 3 is 2.71 bits per heavy atom. The van der Waals surface area contributed by atoms with Crippen molar-refractivity contribution in [2.75, 3.05) is 26.3 Å². The van der Waals surface area contributed by atoms with E-state index in [2.05, 4.69) is 23.7 Å². The van der Waals surface area contributed by atoms with Gasteiger partial charge in [-0.05, 0) is 54.4 Å². The second-order valence-corrected chi connectivity index (χ2v) is 11.2. The monoisotopic (exact) mass is 486 g/mol. The van der Waals surface area contributed by atoms with Gasteiger partial charge < -0.3 is 34.9 Å². The highest BCUT2D eigenvalue weighted by atomic mass is 16.7. The minimum atomic E-state index is -1.22. The third kappa shape index (κ3) is 3.64. The van der Waals surface area contributed by atoms with Crippen LogP contribution in [0, 0.1) is 23.7 Å². The van der Waals surface area contributed by atoms with Gasteiger partial charge in [0.05, 0.1) is 19.3 Å².